The van der Waals surface area contributed by atoms with E-state index < -0.39 is 24.0 Å². The molecule has 18 heavy (non-hydrogen) atoms. The molecule has 2 saturated carbocycles. The zero-order valence-corrected chi connectivity index (χ0v) is 10.5. The Kier molecular flexibility index (Phi) is 3.34. The van der Waals surface area contributed by atoms with Gasteiger partial charge in [-0.2, -0.15) is 13.2 Å². The number of carbonyl (C=O) groups excluding carboxylic acids is 1. The van der Waals surface area contributed by atoms with Gasteiger partial charge in [0.15, 0.2) is 0 Å². The number of carbonyl (C=O) groups is 1. The van der Waals surface area contributed by atoms with Crippen LogP contribution in [0.5, 0.6) is 0 Å². The molecule has 2 N–H and O–H groups in total. The molecule has 3 nitrogen and oxygen atoms in total. The quantitative estimate of drug-likeness (QED) is 0.848. The molecule has 0 heterocycles. The van der Waals surface area contributed by atoms with Gasteiger partial charge in [0.05, 0.1) is 5.41 Å². The van der Waals surface area contributed by atoms with Gasteiger partial charge in [-0.1, -0.05) is 6.42 Å². The Balaban J connectivity index is 2.13. The van der Waals surface area contributed by atoms with E-state index in [9.17, 15) is 18.0 Å². The third-order valence-electron chi connectivity index (χ3n) is 4.12. The molecular formula is C12H19F3N2O. The third kappa shape index (κ3) is 2.63. The summed E-state index contributed by atoms with van der Waals surface area (Å²) in [7, 11) is 0. The van der Waals surface area contributed by atoms with E-state index in [1.165, 1.54) is 0 Å². The van der Waals surface area contributed by atoms with Crippen LogP contribution in [-0.4, -0.2) is 35.6 Å². The second-order valence-electron chi connectivity index (χ2n) is 5.70. The normalized spacial score (nSPS) is 32.6. The van der Waals surface area contributed by atoms with Crippen LogP contribution < -0.4 is 5.73 Å². The van der Waals surface area contributed by atoms with Gasteiger partial charge in [-0.05, 0) is 32.6 Å². The highest BCUT2D eigenvalue weighted by atomic mass is 19.4. The van der Waals surface area contributed by atoms with Crippen LogP contribution in [0.1, 0.15) is 39.0 Å². The average molecular weight is 264 g/mol. The fourth-order valence-electron chi connectivity index (χ4n) is 2.73. The summed E-state index contributed by atoms with van der Waals surface area (Å²) in [5, 5.41) is 0. The van der Waals surface area contributed by atoms with Crippen molar-refractivity contribution < 1.29 is 18.0 Å². The average Bonchev–Trinajstić information content (AvgIpc) is 3.02. The van der Waals surface area contributed by atoms with Crippen LogP contribution in [0.3, 0.4) is 0 Å². The Morgan fingerprint density at radius 2 is 2.00 bits per heavy atom. The topological polar surface area (TPSA) is 46.3 Å². The van der Waals surface area contributed by atoms with Gasteiger partial charge in [-0.3, -0.25) is 4.79 Å². The molecule has 0 bridgehead atoms. The van der Waals surface area contributed by atoms with E-state index in [1.807, 2.05) is 0 Å². The Labute approximate surface area is 104 Å². The molecule has 1 amide bonds. The zero-order chi connectivity index (χ0) is 13.6. The van der Waals surface area contributed by atoms with Crippen molar-refractivity contribution in [2.24, 2.45) is 11.1 Å². The summed E-state index contributed by atoms with van der Waals surface area (Å²) < 4.78 is 37.6. The van der Waals surface area contributed by atoms with E-state index in [2.05, 4.69) is 0 Å². The summed E-state index contributed by atoms with van der Waals surface area (Å²) in [5.41, 5.74) is 5.10. The van der Waals surface area contributed by atoms with Crippen LogP contribution in [0, 0.1) is 5.41 Å². The van der Waals surface area contributed by atoms with Crippen LogP contribution in [0.25, 0.3) is 0 Å². The Hall–Kier alpha value is -0.780. The van der Waals surface area contributed by atoms with Crippen molar-refractivity contribution in [3.05, 3.63) is 0 Å². The van der Waals surface area contributed by atoms with Crippen LogP contribution in [0.4, 0.5) is 13.2 Å². The molecule has 0 aromatic rings. The van der Waals surface area contributed by atoms with Crippen molar-refractivity contribution in [1.29, 1.82) is 0 Å². The molecule has 0 saturated heterocycles. The van der Waals surface area contributed by atoms with Gasteiger partial charge in [0.25, 0.3) is 0 Å². The maximum absolute atomic E-state index is 12.5. The highest BCUT2D eigenvalue weighted by Crippen LogP contribution is 2.41. The monoisotopic (exact) mass is 264 g/mol. The highest BCUT2D eigenvalue weighted by molar-refractivity contribution is 5.84. The number of nitrogens with two attached hydrogens (primary N) is 1. The standard InChI is InChI=1S/C12H19F3N2O/c1-11(6-2-3-9(11)16)10(18)17(8-4-5-8)7-12(13,14)15/h8-9H,2-7,16H2,1H3. The van der Waals surface area contributed by atoms with Gasteiger partial charge in [-0.25, -0.2) is 0 Å². The zero-order valence-electron chi connectivity index (χ0n) is 10.5. The lowest BCUT2D eigenvalue weighted by Gasteiger charge is -2.35. The van der Waals surface area contributed by atoms with E-state index >= 15 is 0 Å². The molecule has 0 aromatic carbocycles. The first-order valence-corrected chi connectivity index (χ1v) is 6.37. The number of rotatable bonds is 3. The predicted molar refractivity (Wildman–Crippen MR) is 60.7 cm³/mol. The van der Waals surface area contributed by atoms with Gasteiger partial charge in [0, 0.05) is 12.1 Å². The molecule has 2 unspecified atom stereocenters. The van der Waals surface area contributed by atoms with E-state index in [1.54, 1.807) is 6.92 Å². The summed E-state index contributed by atoms with van der Waals surface area (Å²) in [5.74, 6) is -0.410. The van der Waals surface area contributed by atoms with Gasteiger partial charge in [0.1, 0.15) is 6.54 Å². The van der Waals surface area contributed by atoms with Crippen LogP contribution >= 0.6 is 0 Å². The van der Waals surface area contributed by atoms with E-state index in [-0.39, 0.29) is 12.1 Å². The lowest BCUT2D eigenvalue weighted by atomic mass is 9.83. The first-order valence-electron chi connectivity index (χ1n) is 6.37. The minimum absolute atomic E-state index is 0.233. The largest absolute Gasteiger partial charge is 0.406 e. The molecule has 104 valence electrons. The first kappa shape index (κ1) is 13.6. The summed E-state index contributed by atoms with van der Waals surface area (Å²) in [6, 6.07) is -0.553. The summed E-state index contributed by atoms with van der Waals surface area (Å²) >= 11 is 0. The van der Waals surface area contributed by atoms with E-state index in [0.717, 1.165) is 11.3 Å². The number of nitrogens with zero attached hydrogens (tertiary/aromatic N) is 1. The van der Waals surface area contributed by atoms with Crippen LogP contribution in [0.2, 0.25) is 0 Å². The molecule has 0 aliphatic heterocycles. The maximum Gasteiger partial charge on any atom is 0.406 e. The SMILES string of the molecule is CC1(C(=O)N(CC(F)(F)F)C2CC2)CCCC1N. The minimum Gasteiger partial charge on any atom is -0.330 e. The molecule has 2 fully saturated rings. The summed E-state index contributed by atoms with van der Waals surface area (Å²) in [6.45, 7) is 0.567. The van der Waals surface area contributed by atoms with Crippen LogP contribution in [0.15, 0.2) is 0 Å². The second-order valence-corrected chi connectivity index (χ2v) is 5.70. The fourth-order valence-corrected chi connectivity index (χ4v) is 2.73. The number of hydrogen-bond donors (Lipinski definition) is 1. The van der Waals surface area contributed by atoms with Crippen molar-refractivity contribution in [2.75, 3.05) is 6.54 Å². The number of amides is 1. The minimum atomic E-state index is -4.34. The molecule has 2 atom stereocenters. The molecule has 0 spiro atoms. The number of alkyl halides is 3. The predicted octanol–water partition coefficient (Wildman–Crippen LogP) is 2.06. The van der Waals surface area contributed by atoms with Crippen molar-refractivity contribution >= 4 is 5.91 Å². The molecule has 0 aromatic heterocycles. The molecule has 2 rings (SSSR count). The Morgan fingerprint density at radius 3 is 2.39 bits per heavy atom. The fraction of sp³-hybridized carbons (Fsp3) is 0.917. The summed E-state index contributed by atoms with van der Waals surface area (Å²) in [4.78, 5) is 13.4. The van der Waals surface area contributed by atoms with Crippen molar-refractivity contribution in [3.8, 4) is 0 Å². The highest BCUT2D eigenvalue weighted by Gasteiger charge is 2.50. The van der Waals surface area contributed by atoms with Crippen molar-refractivity contribution in [2.45, 2.75) is 57.3 Å². The van der Waals surface area contributed by atoms with Gasteiger partial charge < -0.3 is 10.6 Å². The number of halogens is 3. The van der Waals surface area contributed by atoms with E-state index in [0.29, 0.717) is 25.7 Å². The molecule has 2 aliphatic rings. The molecule has 2 aliphatic carbocycles. The second kappa shape index (κ2) is 4.40. The van der Waals surface area contributed by atoms with Crippen molar-refractivity contribution in [1.82, 2.24) is 4.90 Å². The molecular weight excluding hydrogens is 245 g/mol. The maximum atomic E-state index is 12.5. The first-order chi connectivity index (χ1) is 8.24. The Bertz CT molecular complexity index is 341. The Morgan fingerprint density at radius 1 is 1.39 bits per heavy atom. The van der Waals surface area contributed by atoms with Crippen molar-refractivity contribution in [3.63, 3.8) is 0 Å². The molecule has 0 radical (unpaired) electrons. The van der Waals surface area contributed by atoms with E-state index in [4.69, 9.17) is 5.73 Å². The molecule has 6 heteroatoms. The van der Waals surface area contributed by atoms with Gasteiger partial charge >= 0.3 is 6.18 Å². The summed E-state index contributed by atoms with van der Waals surface area (Å²) in [6.07, 6.45) is -0.869. The third-order valence-corrected chi connectivity index (χ3v) is 4.12. The van der Waals surface area contributed by atoms with Gasteiger partial charge in [-0.15, -0.1) is 0 Å². The lowest BCUT2D eigenvalue weighted by Crippen LogP contribution is -2.52. The van der Waals surface area contributed by atoms with Crippen LogP contribution in [-0.2, 0) is 4.79 Å². The number of hydrogen-bond acceptors (Lipinski definition) is 2. The lowest BCUT2D eigenvalue weighted by molar-refractivity contribution is -0.168. The smallest absolute Gasteiger partial charge is 0.330 e. The van der Waals surface area contributed by atoms with Gasteiger partial charge in [0.2, 0.25) is 5.91 Å².